The van der Waals surface area contributed by atoms with Gasteiger partial charge in [-0.15, -0.1) is 0 Å². The van der Waals surface area contributed by atoms with Gasteiger partial charge in [-0.3, -0.25) is 4.79 Å². The Morgan fingerprint density at radius 3 is 2.76 bits per heavy atom. The minimum absolute atomic E-state index is 0.177. The molecule has 0 spiro atoms. The summed E-state index contributed by atoms with van der Waals surface area (Å²) in [5.41, 5.74) is 0.701. The molecule has 4 nitrogen and oxygen atoms in total. The highest BCUT2D eigenvalue weighted by Crippen LogP contribution is 2.28. The molecule has 2 N–H and O–H groups in total. The zero-order valence-electron chi connectivity index (χ0n) is 12.4. The lowest BCUT2D eigenvalue weighted by Gasteiger charge is -2.45. The molecule has 21 heavy (non-hydrogen) atoms. The van der Waals surface area contributed by atoms with Crippen LogP contribution in [0.25, 0.3) is 0 Å². The summed E-state index contributed by atoms with van der Waals surface area (Å²) in [7, 11) is 0. The van der Waals surface area contributed by atoms with E-state index in [1.165, 1.54) is 6.07 Å². The van der Waals surface area contributed by atoms with Gasteiger partial charge in [-0.2, -0.15) is 0 Å². The van der Waals surface area contributed by atoms with Crippen LogP contribution in [-0.4, -0.2) is 43.0 Å². The van der Waals surface area contributed by atoms with E-state index in [9.17, 15) is 9.18 Å². The molecule has 0 saturated carbocycles. The van der Waals surface area contributed by atoms with Crippen LogP contribution in [0.3, 0.4) is 0 Å². The third-order valence-electron chi connectivity index (χ3n) is 4.58. The van der Waals surface area contributed by atoms with Crippen molar-refractivity contribution in [3.63, 3.8) is 0 Å². The molecule has 3 fully saturated rings. The lowest BCUT2D eigenvalue weighted by Crippen LogP contribution is -2.57. The SMILES string of the molecule is CCNc1c(F)cccc1C(=O)NC1CN2CCC1CC2. The number of fused-ring (bicyclic) bond motifs is 3. The summed E-state index contributed by atoms with van der Waals surface area (Å²) < 4.78 is 13.9. The number of hydrogen-bond donors (Lipinski definition) is 2. The van der Waals surface area contributed by atoms with Crippen LogP contribution in [0.15, 0.2) is 18.2 Å². The third-order valence-corrected chi connectivity index (χ3v) is 4.58. The van der Waals surface area contributed by atoms with Crippen LogP contribution in [0.5, 0.6) is 0 Å². The van der Waals surface area contributed by atoms with Gasteiger partial charge in [0.2, 0.25) is 0 Å². The van der Waals surface area contributed by atoms with Gasteiger partial charge in [-0.1, -0.05) is 6.07 Å². The Labute approximate surface area is 124 Å². The molecule has 1 atom stereocenters. The molecule has 5 heteroatoms. The highest BCUT2D eigenvalue weighted by atomic mass is 19.1. The normalized spacial score (nSPS) is 27.4. The first kappa shape index (κ1) is 14.3. The highest BCUT2D eigenvalue weighted by Gasteiger charge is 2.35. The highest BCUT2D eigenvalue weighted by molar-refractivity contribution is 5.99. The van der Waals surface area contributed by atoms with E-state index in [0.717, 1.165) is 32.5 Å². The maximum Gasteiger partial charge on any atom is 0.253 e. The zero-order valence-corrected chi connectivity index (χ0v) is 12.4. The number of nitrogens with one attached hydrogen (secondary N) is 2. The van der Waals surface area contributed by atoms with Crippen LogP contribution in [0.1, 0.15) is 30.1 Å². The maximum absolute atomic E-state index is 13.9. The molecule has 1 unspecified atom stereocenters. The molecule has 3 saturated heterocycles. The van der Waals surface area contributed by atoms with Crippen molar-refractivity contribution in [3.8, 4) is 0 Å². The van der Waals surface area contributed by atoms with E-state index in [4.69, 9.17) is 0 Å². The largest absolute Gasteiger partial charge is 0.382 e. The minimum atomic E-state index is -0.376. The van der Waals surface area contributed by atoms with E-state index in [1.807, 2.05) is 6.92 Å². The number of halogens is 1. The van der Waals surface area contributed by atoms with Crippen molar-refractivity contribution in [1.29, 1.82) is 0 Å². The van der Waals surface area contributed by atoms with Crippen molar-refractivity contribution in [3.05, 3.63) is 29.6 Å². The molecule has 1 aromatic carbocycles. The first-order valence-corrected chi connectivity index (χ1v) is 7.74. The minimum Gasteiger partial charge on any atom is -0.382 e. The zero-order chi connectivity index (χ0) is 14.8. The number of rotatable bonds is 4. The number of benzene rings is 1. The molecule has 3 aliphatic heterocycles. The quantitative estimate of drug-likeness (QED) is 0.893. The molecule has 0 radical (unpaired) electrons. The first-order valence-electron chi connectivity index (χ1n) is 7.74. The van der Waals surface area contributed by atoms with E-state index in [1.54, 1.807) is 12.1 Å². The number of piperidine rings is 3. The van der Waals surface area contributed by atoms with E-state index in [-0.39, 0.29) is 17.8 Å². The number of carbonyl (C=O) groups is 1. The Balaban J connectivity index is 1.75. The fourth-order valence-corrected chi connectivity index (χ4v) is 3.44. The average Bonchev–Trinajstić information content (AvgIpc) is 2.50. The van der Waals surface area contributed by atoms with Crippen LogP contribution < -0.4 is 10.6 Å². The van der Waals surface area contributed by atoms with E-state index in [2.05, 4.69) is 15.5 Å². The predicted molar refractivity (Wildman–Crippen MR) is 81.0 cm³/mol. The summed E-state index contributed by atoms with van der Waals surface area (Å²) in [6.45, 7) is 5.67. The van der Waals surface area contributed by atoms with Gasteiger partial charge in [0.15, 0.2) is 0 Å². The fourth-order valence-electron chi connectivity index (χ4n) is 3.44. The fraction of sp³-hybridized carbons (Fsp3) is 0.562. The third kappa shape index (κ3) is 2.88. The smallest absolute Gasteiger partial charge is 0.253 e. The second-order valence-electron chi connectivity index (χ2n) is 5.91. The summed E-state index contributed by atoms with van der Waals surface area (Å²) >= 11 is 0. The van der Waals surface area contributed by atoms with Crippen LogP contribution in [0.2, 0.25) is 0 Å². The monoisotopic (exact) mass is 291 g/mol. The molecule has 1 aromatic rings. The summed E-state index contributed by atoms with van der Waals surface area (Å²) in [6.07, 6.45) is 2.29. The standard InChI is InChI=1S/C16H22FN3O/c1-2-18-15-12(4-3-5-13(15)17)16(21)19-14-10-20-8-6-11(14)7-9-20/h3-5,11,14,18H,2,6-10H2,1H3,(H,19,21). The van der Waals surface area contributed by atoms with E-state index < -0.39 is 0 Å². The van der Waals surface area contributed by atoms with Gasteiger partial charge in [0, 0.05) is 19.1 Å². The van der Waals surface area contributed by atoms with Gasteiger partial charge in [-0.05, 0) is 50.9 Å². The van der Waals surface area contributed by atoms with Gasteiger partial charge in [0.05, 0.1) is 11.3 Å². The van der Waals surface area contributed by atoms with E-state index in [0.29, 0.717) is 23.7 Å². The van der Waals surface area contributed by atoms with Crippen molar-refractivity contribution < 1.29 is 9.18 Å². The van der Waals surface area contributed by atoms with Gasteiger partial charge >= 0.3 is 0 Å². The van der Waals surface area contributed by atoms with Crippen molar-refractivity contribution >= 4 is 11.6 Å². The Hall–Kier alpha value is -1.62. The van der Waals surface area contributed by atoms with E-state index >= 15 is 0 Å². The second kappa shape index (κ2) is 6.02. The Morgan fingerprint density at radius 1 is 1.38 bits per heavy atom. The summed E-state index contributed by atoms with van der Waals surface area (Å²) in [5, 5.41) is 6.06. The summed E-state index contributed by atoms with van der Waals surface area (Å²) in [5.74, 6) is 0.0118. The van der Waals surface area contributed by atoms with Gasteiger partial charge in [-0.25, -0.2) is 4.39 Å². The van der Waals surface area contributed by atoms with Crippen LogP contribution >= 0.6 is 0 Å². The number of hydrogen-bond acceptors (Lipinski definition) is 3. The number of nitrogens with zero attached hydrogens (tertiary/aromatic N) is 1. The number of carbonyl (C=O) groups excluding carboxylic acids is 1. The van der Waals surface area contributed by atoms with Gasteiger partial charge in [0.25, 0.3) is 5.91 Å². The summed E-state index contributed by atoms with van der Waals surface area (Å²) in [4.78, 5) is 14.9. The van der Waals surface area contributed by atoms with Crippen LogP contribution in [-0.2, 0) is 0 Å². The Kier molecular flexibility index (Phi) is 4.10. The molecule has 0 aromatic heterocycles. The molecular weight excluding hydrogens is 269 g/mol. The van der Waals surface area contributed by atoms with Gasteiger partial charge < -0.3 is 15.5 Å². The number of para-hydroxylation sites is 1. The molecule has 0 aliphatic carbocycles. The molecule has 114 valence electrons. The van der Waals surface area contributed by atoms with Crippen molar-refractivity contribution in [2.24, 2.45) is 5.92 Å². The average molecular weight is 291 g/mol. The molecule has 4 rings (SSSR count). The first-order chi connectivity index (χ1) is 10.2. The summed E-state index contributed by atoms with van der Waals surface area (Å²) in [6, 6.07) is 4.83. The molecule has 3 aliphatic rings. The predicted octanol–water partition coefficient (Wildman–Crippen LogP) is 2.08. The van der Waals surface area contributed by atoms with Crippen molar-refractivity contribution in [2.45, 2.75) is 25.8 Å². The topological polar surface area (TPSA) is 44.4 Å². The van der Waals surface area contributed by atoms with Crippen molar-refractivity contribution in [2.75, 3.05) is 31.5 Å². The Morgan fingerprint density at radius 2 is 2.14 bits per heavy atom. The number of anilines is 1. The Bertz CT molecular complexity index is 526. The van der Waals surface area contributed by atoms with Crippen LogP contribution in [0.4, 0.5) is 10.1 Å². The van der Waals surface area contributed by atoms with Gasteiger partial charge in [0.1, 0.15) is 5.82 Å². The maximum atomic E-state index is 13.9. The van der Waals surface area contributed by atoms with Crippen molar-refractivity contribution in [1.82, 2.24) is 10.2 Å². The second-order valence-corrected chi connectivity index (χ2v) is 5.91. The van der Waals surface area contributed by atoms with Crippen LogP contribution in [0, 0.1) is 11.7 Å². The molecule has 2 bridgehead atoms. The lowest BCUT2D eigenvalue weighted by atomic mass is 9.84. The lowest BCUT2D eigenvalue weighted by molar-refractivity contribution is 0.0620. The molecule has 3 heterocycles. The number of amides is 1. The molecular formula is C16H22FN3O. The molecule has 1 amide bonds.